The number of nitrogens with zero attached hydrogens (tertiary/aromatic N) is 4. The van der Waals surface area contributed by atoms with Crippen LogP contribution in [0.15, 0.2) is 12.3 Å². The fourth-order valence-corrected chi connectivity index (χ4v) is 3.69. The molecule has 2 fully saturated rings. The van der Waals surface area contributed by atoms with Crippen LogP contribution in [0, 0.1) is 0 Å². The van der Waals surface area contributed by atoms with E-state index in [4.69, 9.17) is 0 Å². The van der Waals surface area contributed by atoms with Crippen molar-refractivity contribution in [1.29, 1.82) is 0 Å². The summed E-state index contributed by atoms with van der Waals surface area (Å²) >= 11 is 0. The second kappa shape index (κ2) is 5.98. The lowest BCUT2D eigenvalue weighted by atomic mass is 9.93. The summed E-state index contributed by atoms with van der Waals surface area (Å²) in [6, 6.07) is 1.91. The number of carbonyl (C=O) groups excluding carboxylic acids is 1. The van der Waals surface area contributed by atoms with E-state index in [-0.39, 0.29) is 5.69 Å². The Hall–Kier alpha value is -1.45. The number of nitrogens with one attached hydrogen (secondary N) is 1. The number of carbonyl (C=O) groups is 1. The second-order valence-corrected chi connectivity index (χ2v) is 7.57. The largest absolute Gasteiger partial charge is 0.304 e. The first-order valence-electron chi connectivity index (χ1n) is 7.51. The molecule has 1 saturated heterocycles. The van der Waals surface area contributed by atoms with Crippen molar-refractivity contribution in [3.63, 3.8) is 0 Å². The highest BCUT2D eigenvalue weighted by molar-refractivity contribution is 7.87. The summed E-state index contributed by atoms with van der Waals surface area (Å²) in [5.41, 5.74) is 0.143. The van der Waals surface area contributed by atoms with E-state index in [9.17, 15) is 13.2 Å². The molecule has 1 saturated carbocycles. The van der Waals surface area contributed by atoms with E-state index in [0.717, 1.165) is 12.8 Å². The van der Waals surface area contributed by atoms with Gasteiger partial charge in [-0.15, -0.1) is 0 Å². The molecule has 1 aliphatic heterocycles. The molecular weight excluding hydrogens is 306 g/mol. The van der Waals surface area contributed by atoms with Crippen molar-refractivity contribution < 1.29 is 13.2 Å². The molecule has 0 aromatic carbocycles. The third-order valence-corrected chi connectivity index (χ3v) is 5.80. The zero-order valence-corrected chi connectivity index (χ0v) is 13.4. The van der Waals surface area contributed by atoms with Crippen molar-refractivity contribution in [3.05, 3.63) is 18.0 Å². The molecule has 0 bridgehead atoms. The lowest BCUT2D eigenvalue weighted by Crippen LogP contribution is -2.52. The van der Waals surface area contributed by atoms with Crippen LogP contribution in [0.4, 0.5) is 0 Å². The maximum atomic E-state index is 12.2. The van der Waals surface area contributed by atoms with Gasteiger partial charge in [-0.2, -0.15) is 17.8 Å². The minimum atomic E-state index is -3.80. The fourth-order valence-electron chi connectivity index (χ4n) is 2.58. The molecule has 9 heteroatoms. The van der Waals surface area contributed by atoms with Crippen LogP contribution in [0.1, 0.15) is 35.8 Å². The first-order valence-corrected chi connectivity index (χ1v) is 8.95. The number of amides is 1. The first kappa shape index (κ1) is 15.4. The summed E-state index contributed by atoms with van der Waals surface area (Å²) in [4.78, 5) is 14.2. The summed E-state index contributed by atoms with van der Waals surface area (Å²) in [6.07, 6.45) is 5.02. The molecule has 0 spiro atoms. The standard InChI is InChI=1S/C13H21N5O3S/c1-16-7-9-17(10-8-16)22(20,21)15-13(19)12-5-6-18(14-12)11-3-2-4-11/h5-6,11H,2-4,7-10H2,1H3,(H,15,19). The van der Waals surface area contributed by atoms with E-state index in [2.05, 4.69) is 9.82 Å². The summed E-state index contributed by atoms with van der Waals surface area (Å²) in [5, 5.41) is 4.19. The van der Waals surface area contributed by atoms with E-state index in [1.54, 1.807) is 16.9 Å². The molecule has 1 aromatic rings. The van der Waals surface area contributed by atoms with E-state index in [0.29, 0.717) is 32.2 Å². The molecule has 0 radical (unpaired) electrons. The molecular formula is C13H21N5O3S. The van der Waals surface area contributed by atoms with E-state index in [1.165, 1.54) is 10.7 Å². The number of likely N-dealkylation sites (N-methyl/N-ethyl adjacent to an activating group) is 1. The number of hydrogen-bond donors (Lipinski definition) is 1. The van der Waals surface area contributed by atoms with Crippen LogP contribution in [-0.2, 0) is 10.2 Å². The minimum Gasteiger partial charge on any atom is -0.304 e. The summed E-state index contributed by atoms with van der Waals surface area (Å²) in [6.45, 7) is 2.09. The van der Waals surface area contributed by atoms with E-state index < -0.39 is 16.1 Å². The average molecular weight is 327 g/mol. The zero-order valence-electron chi connectivity index (χ0n) is 12.6. The monoisotopic (exact) mass is 327 g/mol. The van der Waals surface area contributed by atoms with Crippen LogP contribution in [-0.4, -0.2) is 66.5 Å². The van der Waals surface area contributed by atoms with Crippen molar-refractivity contribution in [1.82, 2.24) is 23.7 Å². The van der Waals surface area contributed by atoms with E-state index >= 15 is 0 Å². The summed E-state index contributed by atoms with van der Waals surface area (Å²) in [7, 11) is -1.86. The SMILES string of the molecule is CN1CCN(S(=O)(=O)NC(=O)c2ccn(C3CCC3)n2)CC1. The van der Waals surface area contributed by atoms with Gasteiger partial charge in [-0.05, 0) is 32.4 Å². The Balaban J connectivity index is 1.63. The highest BCUT2D eigenvalue weighted by Gasteiger charge is 2.28. The molecule has 8 nitrogen and oxygen atoms in total. The molecule has 0 unspecified atom stereocenters. The van der Waals surface area contributed by atoms with Crippen LogP contribution in [0.2, 0.25) is 0 Å². The van der Waals surface area contributed by atoms with Gasteiger partial charge < -0.3 is 4.90 Å². The molecule has 0 atom stereocenters. The van der Waals surface area contributed by atoms with Gasteiger partial charge in [0.05, 0.1) is 6.04 Å². The smallest absolute Gasteiger partial charge is 0.304 e. The predicted octanol–water partition coefficient (Wildman–Crippen LogP) is -0.170. The maximum absolute atomic E-state index is 12.2. The molecule has 1 N–H and O–H groups in total. The summed E-state index contributed by atoms with van der Waals surface area (Å²) in [5.74, 6) is -0.669. The molecule has 1 aromatic heterocycles. The van der Waals surface area contributed by atoms with Gasteiger partial charge in [-0.3, -0.25) is 9.48 Å². The van der Waals surface area contributed by atoms with Crippen molar-refractivity contribution in [2.75, 3.05) is 33.2 Å². The molecule has 1 amide bonds. The number of piperazine rings is 1. The molecule has 122 valence electrons. The van der Waals surface area contributed by atoms with Crippen LogP contribution < -0.4 is 4.72 Å². The number of hydrogen-bond acceptors (Lipinski definition) is 5. The average Bonchev–Trinajstić information content (AvgIpc) is 2.86. The van der Waals surface area contributed by atoms with Gasteiger partial charge in [0.1, 0.15) is 0 Å². The van der Waals surface area contributed by atoms with Gasteiger partial charge in [0.25, 0.3) is 5.91 Å². The Kier molecular flexibility index (Phi) is 4.20. The van der Waals surface area contributed by atoms with Crippen LogP contribution >= 0.6 is 0 Å². The highest BCUT2D eigenvalue weighted by Crippen LogP contribution is 2.30. The van der Waals surface area contributed by atoms with Crippen molar-refractivity contribution >= 4 is 16.1 Å². The van der Waals surface area contributed by atoms with Gasteiger partial charge >= 0.3 is 10.2 Å². The molecule has 1 aliphatic carbocycles. The Labute approximate surface area is 130 Å². The Morgan fingerprint density at radius 1 is 1.27 bits per heavy atom. The molecule has 3 rings (SSSR count). The highest BCUT2D eigenvalue weighted by atomic mass is 32.2. The van der Waals surface area contributed by atoms with Gasteiger partial charge in [-0.25, -0.2) is 4.72 Å². The Bertz CT molecular complexity index is 644. The van der Waals surface area contributed by atoms with Gasteiger partial charge in [0.2, 0.25) is 0 Å². The molecule has 2 heterocycles. The summed E-state index contributed by atoms with van der Waals surface area (Å²) < 4.78 is 29.6. The molecule has 22 heavy (non-hydrogen) atoms. The van der Waals surface area contributed by atoms with Crippen LogP contribution in [0.3, 0.4) is 0 Å². The van der Waals surface area contributed by atoms with Crippen molar-refractivity contribution in [3.8, 4) is 0 Å². The Morgan fingerprint density at radius 3 is 2.55 bits per heavy atom. The fraction of sp³-hybridized carbons (Fsp3) is 0.692. The van der Waals surface area contributed by atoms with Gasteiger partial charge in [0, 0.05) is 32.4 Å². The molecule has 2 aliphatic rings. The second-order valence-electron chi connectivity index (χ2n) is 5.90. The maximum Gasteiger partial charge on any atom is 0.304 e. The topological polar surface area (TPSA) is 87.5 Å². The number of rotatable bonds is 4. The van der Waals surface area contributed by atoms with Gasteiger partial charge in [0.15, 0.2) is 5.69 Å². The predicted molar refractivity (Wildman–Crippen MR) is 80.6 cm³/mol. The van der Waals surface area contributed by atoms with Gasteiger partial charge in [-0.1, -0.05) is 0 Å². The normalized spacial score (nSPS) is 21.5. The third-order valence-electron chi connectivity index (χ3n) is 4.31. The quantitative estimate of drug-likeness (QED) is 0.829. The van der Waals surface area contributed by atoms with Crippen LogP contribution in [0.25, 0.3) is 0 Å². The van der Waals surface area contributed by atoms with E-state index in [1.807, 2.05) is 11.9 Å². The van der Waals surface area contributed by atoms with Crippen LogP contribution in [0.5, 0.6) is 0 Å². The van der Waals surface area contributed by atoms with Crippen molar-refractivity contribution in [2.45, 2.75) is 25.3 Å². The third kappa shape index (κ3) is 3.16. The number of aromatic nitrogens is 2. The minimum absolute atomic E-state index is 0.143. The first-order chi connectivity index (χ1) is 10.5. The Morgan fingerprint density at radius 2 is 1.95 bits per heavy atom. The lowest BCUT2D eigenvalue weighted by molar-refractivity contribution is 0.0971. The zero-order chi connectivity index (χ0) is 15.7. The lowest BCUT2D eigenvalue weighted by Gasteiger charge is -2.31. The van der Waals surface area contributed by atoms with Crippen molar-refractivity contribution in [2.24, 2.45) is 0 Å².